The van der Waals surface area contributed by atoms with Crippen molar-refractivity contribution in [3.63, 3.8) is 0 Å². The average Bonchev–Trinajstić information content (AvgIpc) is 2.24. The van der Waals surface area contributed by atoms with E-state index in [1.54, 1.807) is 12.7 Å². The van der Waals surface area contributed by atoms with E-state index in [1.165, 1.54) is 44.9 Å². The first-order valence-electron chi connectivity index (χ1n) is 6.79. The molecule has 1 N–H and O–H groups in total. The van der Waals surface area contributed by atoms with Crippen molar-refractivity contribution in [2.24, 2.45) is 0 Å². The zero-order valence-corrected chi connectivity index (χ0v) is 10.9. The van der Waals surface area contributed by atoms with Crippen LogP contribution in [0, 0.1) is 0 Å². The van der Waals surface area contributed by atoms with Gasteiger partial charge in [0.1, 0.15) is 0 Å². The number of rotatable bonds is 6. The van der Waals surface area contributed by atoms with Gasteiger partial charge in [0, 0.05) is 7.11 Å². The quantitative estimate of drug-likeness (QED) is 0.700. The molecule has 16 heavy (non-hydrogen) atoms. The number of ether oxygens (including phenoxy) is 1. The lowest BCUT2D eigenvalue weighted by atomic mass is 9.95. The summed E-state index contributed by atoms with van der Waals surface area (Å²) in [6.07, 6.45) is 11.6. The number of allylic oxidation sites excluding steroid dienone is 1. The molecule has 0 amide bonds. The van der Waals surface area contributed by atoms with Crippen LogP contribution >= 0.6 is 0 Å². The standard InChI is InChI=1S/C14H27NO/c1-3-11-15-14(12-16-2)13-9-7-5-4-6-8-10-13/h9,14-15H,3-8,10-12H2,1-2H3. The Kier molecular flexibility index (Phi) is 7.52. The molecule has 1 aliphatic carbocycles. The summed E-state index contributed by atoms with van der Waals surface area (Å²) in [6, 6.07) is 0.447. The van der Waals surface area contributed by atoms with Gasteiger partial charge in [-0.05, 0) is 38.6 Å². The minimum atomic E-state index is 0.447. The van der Waals surface area contributed by atoms with Crippen LogP contribution in [-0.4, -0.2) is 26.3 Å². The molecule has 2 heteroatoms. The summed E-state index contributed by atoms with van der Waals surface area (Å²) < 4.78 is 5.32. The van der Waals surface area contributed by atoms with Crippen molar-refractivity contribution in [1.82, 2.24) is 5.32 Å². The zero-order chi connectivity index (χ0) is 11.6. The number of hydrogen-bond donors (Lipinski definition) is 1. The van der Waals surface area contributed by atoms with Gasteiger partial charge in [0.05, 0.1) is 12.6 Å². The summed E-state index contributed by atoms with van der Waals surface area (Å²) in [6.45, 7) is 4.11. The van der Waals surface area contributed by atoms with Crippen LogP contribution < -0.4 is 5.32 Å². The van der Waals surface area contributed by atoms with Crippen molar-refractivity contribution < 1.29 is 4.74 Å². The van der Waals surface area contributed by atoms with Gasteiger partial charge in [-0.1, -0.05) is 31.4 Å². The van der Waals surface area contributed by atoms with Crippen LogP contribution in [0.1, 0.15) is 51.9 Å². The van der Waals surface area contributed by atoms with Gasteiger partial charge in [-0.3, -0.25) is 0 Å². The molecule has 1 rings (SSSR count). The second-order valence-electron chi connectivity index (χ2n) is 4.69. The lowest BCUT2D eigenvalue weighted by molar-refractivity contribution is 0.175. The van der Waals surface area contributed by atoms with E-state index in [9.17, 15) is 0 Å². The Morgan fingerprint density at radius 2 is 2.12 bits per heavy atom. The molecule has 94 valence electrons. The van der Waals surface area contributed by atoms with Crippen LogP contribution in [0.25, 0.3) is 0 Å². The van der Waals surface area contributed by atoms with Crippen LogP contribution in [-0.2, 0) is 4.74 Å². The van der Waals surface area contributed by atoms with E-state index in [1.807, 2.05) is 0 Å². The Bertz CT molecular complexity index is 201. The van der Waals surface area contributed by atoms with E-state index in [4.69, 9.17) is 4.74 Å². The van der Waals surface area contributed by atoms with Crippen LogP contribution in [0.4, 0.5) is 0 Å². The van der Waals surface area contributed by atoms with Gasteiger partial charge >= 0.3 is 0 Å². The Hall–Kier alpha value is -0.340. The highest BCUT2D eigenvalue weighted by Crippen LogP contribution is 2.19. The topological polar surface area (TPSA) is 21.3 Å². The highest BCUT2D eigenvalue weighted by atomic mass is 16.5. The van der Waals surface area contributed by atoms with Gasteiger partial charge < -0.3 is 10.1 Å². The van der Waals surface area contributed by atoms with Gasteiger partial charge in [-0.15, -0.1) is 0 Å². The largest absolute Gasteiger partial charge is 0.383 e. The second kappa shape index (κ2) is 8.77. The van der Waals surface area contributed by atoms with Crippen LogP contribution in [0.5, 0.6) is 0 Å². The lowest BCUT2D eigenvalue weighted by Gasteiger charge is -2.22. The summed E-state index contributed by atoms with van der Waals surface area (Å²) >= 11 is 0. The fraction of sp³-hybridized carbons (Fsp3) is 0.857. The van der Waals surface area contributed by atoms with Gasteiger partial charge in [0.25, 0.3) is 0 Å². The maximum atomic E-state index is 5.32. The molecule has 0 aromatic rings. The van der Waals surface area contributed by atoms with E-state index < -0.39 is 0 Å². The number of hydrogen-bond acceptors (Lipinski definition) is 2. The maximum absolute atomic E-state index is 5.32. The molecule has 0 aromatic carbocycles. The molecule has 0 fully saturated rings. The smallest absolute Gasteiger partial charge is 0.0654 e. The predicted molar refractivity (Wildman–Crippen MR) is 69.7 cm³/mol. The normalized spacial score (nSPS) is 19.8. The van der Waals surface area contributed by atoms with Crippen molar-refractivity contribution in [1.29, 1.82) is 0 Å². The Labute approximate surface area is 100 Å². The van der Waals surface area contributed by atoms with Crippen molar-refractivity contribution in [3.8, 4) is 0 Å². The first kappa shape index (κ1) is 13.7. The molecule has 0 spiro atoms. The second-order valence-corrected chi connectivity index (χ2v) is 4.69. The molecular formula is C14H27NO. The Balaban J connectivity index is 2.51. The molecule has 0 radical (unpaired) electrons. The van der Waals surface area contributed by atoms with Gasteiger partial charge in [0.15, 0.2) is 0 Å². The van der Waals surface area contributed by atoms with Crippen LogP contribution in [0.2, 0.25) is 0 Å². The molecule has 1 aliphatic rings. The third kappa shape index (κ3) is 5.13. The van der Waals surface area contributed by atoms with Gasteiger partial charge in [-0.25, -0.2) is 0 Å². The van der Waals surface area contributed by atoms with Crippen molar-refractivity contribution >= 4 is 0 Å². The minimum Gasteiger partial charge on any atom is -0.383 e. The van der Waals surface area contributed by atoms with Gasteiger partial charge in [-0.2, -0.15) is 0 Å². The number of methoxy groups -OCH3 is 1. The van der Waals surface area contributed by atoms with E-state index >= 15 is 0 Å². The monoisotopic (exact) mass is 225 g/mol. The highest BCUT2D eigenvalue weighted by molar-refractivity contribution is 5.11. The maximum Gasteiger partial charge on any atom is 0.0654 e. The van der Waals surface area contributed by atoms with E-state index in [0.717, 1.165) is 13.2 Å². The van der Waals surface area contributed by atoms with Crippen molar-refractivity contribution in [3.05, 3.63) is 11.6 Å². The first-order chi connectivity index (χ1) is 7.88. The number of nitrogens with one attached hydrogen (secondary N) is 1. The summed E-state index contributed by atoms with van der Waals surface area (Å²) in [5, 5.41) is 3.59. The highest BCUT2D eigenvalue weighted by Gasteiger charge is 2.13. The average molecular weight is 225 g/mol. The van der Waals surface area contributed by atoms with Crippen LogP contribution in [0.15, 0.2) is 11.6 Å². The summed E-state index contributed by atoms with van der Waals surface area (Å²) in [5.74, 6) is 0. The van der Waals surface area contributed by atoms with Gasteiger partial charge in [0.2, 0.25) is 0 Å². The van der Waals surface area contributed by atoms with Crippen LogP contribution in [0.3, 0.4) is 0 Å². The third-order valence-electron chi connectivity index (χ3n) is 3.25. The molecule has 2 nitrogen and oxygen atoms in total. The molecular weight excluding hydrogens is 198 g/mol. The van der Waals surface area contributed by atoms with Crippen molar-refractivity contribution in [2.45, 2.75) is 57.9 Å². The molecule has 0 aromatic heterocycles. The SMILES string of the molecule is CCCNC(COC)C1=CCCCCCC1. The molecule has 0 aliphatic heterocycles. The zero-order valence-electron chi connectivity index (χ0n) is 10.9. The molecule has 1 atom stereocenters. The molecule has 0 heterocycles. The van der Waals surface area contributed by atoms with Crippen molar-refractivity contribution in [2.75, 3.05) is 20.3 Å². The lowest BCUT2D eigenvalue weighted by Crippen LogP contribution is -2.35. The molecule has 0 saturated heterocycles. The van der Waals surface area contributed by atoms with E-state index in [-0.39, 0.29) is 0 Å². The van der Waals surface area contributed by atoms with E-state index in [0.29, 0.717) is 6.04 Å². The molecule has 0 saturated carbocycles. The molecule has 1 unspecified atom stereocenters. The predicted octanol–water partition coefficient (Wildman–Crippen LogP) is 3.28. The Morgan fingerprint density at radius 1 is 1.31 bits per heavy atom. The first-order valence-corrected chi connectivity index (χ1v) is 6.79. The van der Waals surface area contributed by atoms with E-state index in [2.05, 4.69) is 18.3 Å². The summed E-state index contributed by atoms with van der Waals surface area (Å²) in [7, 11) is 1.80. The fourth-order valence-electron chi connectivity index (χ4n) is 2.32. The molecule has 0 bridgehead atoms. The minimum absolute atomic E-state index is 0.447. The summed E-state index contributed by atoms with van der Waals surface area (Å²) in [4.78, 5) is 0. The third-order valence-corrected chi connectivity index (χ3v) is 3.25. The summed E-state index contributed by atoms with van der Waals surface area (Å²) in [5.41, 5.74) is 1.58. The Morgan fingerprint density at radius 3 is 2.88 bits per heavy atom. The fourth-order valence-corrected chi connectivity index (χ4v) is 2.32.